The van der Waals surface area contributed by atoms with Gasteiger partial charge in [-0.25, -0.2) is 0 Å². The summed E-state index contributed by atoms with van der Waals surface area (Å²) in [6.07, 6.45) is 4.94. The summed E-state index contributed by atoms with van der Waals surface area (Å²) in [6.45, 7) is 2.21. The maximum Gasteiger partial charge on any atom is 0.115 e. The molecule has 0 saturated heterocycles. The minimum atomic E-state index is 0.229. The van der Waals surface area contributed by atoms with Gasteiger partial charge in [0.25, 0.3) is 0 Å². The van der Waals surface area contributed by atoms with E-state index in [-0.39, 0.29) is 17.2 Å². The van der Waals surface area contributed by atoms with Crippen molar-refractivity contribution >= 4 is 0 Å². The van der Waals surface area contributed by atoms with Crippen molar-refractivity contribution in [1.29, 1.82) is 0 Å². The van der Waals surface area contributed by atoms with Crippen molar-refractivity contribution in [3.63, 3.8) is 0 Å². The van der Waals surface area contributed by atoms with Crippen molar-refractivity contribution in [2.24, 2.45) is 0 Å². The van der Waals surface area contributed by atoms with Crippen LogP contribution in [0.15, 0.2) is 115 Å². The van der Waals surface area contributed by atoms with E-state index in [1.54, 1.807) is 48.5 Å². The normalized spacial score (nSPS) is 10.5. The SMILES string of the molecule is CCCCCc1ccc(O)cc1.Oc1ccc(-c2cc(-c3ccc(O)cc3)cc(-c3ccc(O)cc3)c2)cc1. The van der Waals surface area contributed by atoms with Crippen LogP contribution in [0.3, 0.4) is 0 Å². The first-order chi connectivity index (χ1) is 18.9. The third-order valence-corrected chi connectivity index (χ3v) is 6.54. The zero-order valence-electron chi connectivity index (χ0n) is 22.1. The minimum absolute atomic E-state index is 0.229. The van der Waals surface area contributed by atoms with E-state index in [4.69, 9.17) is 5.11 Å². The van der Waals surface area contributed by atoms with Crippen molar-refractivity contribution < 1.29 is 20.4 Å². The minimum Gasteiger partial charge on any atom is -0.508 e. The molecule has 0 fully saturated rings. The second kappa shape index (κ2) is 13.2. The van der Waals surface area contributed by atoms with Gasteiger partial charge in [0.2, 0.25) is 0 Å². The highest BCUT2D eigenvalue weighted by Gasteiger charge is 2.08. The zero-order valence-corrected chi connectivity index (χ0v) is 22.1. The van der Waals surface area contributed by atoms with E-state index in [0.717, 1.165) is 39.8 Å². The summed E-state index contributed by atoms with van der Waals surface area (Å²) in [6, 6.07) is 35.0. The fraction of sp³-hybridized carbons (Fsp3) is 0.143. The second-order valence-electron chi connectivity index (χ2n) is 9.56. The van der Waals surface area contributed by atoms with Crippen molar-refractivity contribution in [1.82, 2.24) is 0 Å². The smallest absolute Gasteiger partial charge is 0.115 e. The van der Waals surface area contributed by atoms with Crippen molar-refractivity contribution in [2.75, 3.05) is 0 Å². The Balaban J connectivity index is 0.000000247. The largest absolute Gasteiger partial charge is 0.508 e. The summed E-state index contributed by atoms with van der Waals surface area (Å²) in [5, 5.41) is 37.7. The van der Waals surface area contributed by atoms with Gasteiger partial charge >= 0.3 is 0 Å². The Morgan fingerprint density at radius 1 is 0.385 bits per heavy atom. The van der Waals surface area contributed by atoms with E-state index >= 15 is 0 Å². The van der Waals surface area contributed by atoms with E-state index in [0.29, 0.717) is 5.75 Å². The Morgan fingerprint density at radius 2 is 0.692 bits per heavy atom. The molecule has 198 valence electrons. The molecule has 0 atom stereocenters. The van der Waals surface area contributed by atoms with Crippen LogP contribution < -0.4 is 0 Å². The van der Waals surface area contributed by atoms with Crippen LogP contribution in [-0.2, 0) is 6.42 Å². The van der Waals surface area contributed by atoms with Gasteiger partial charge < -0.3 is 20.4 Å². The highest BCUT2D eigenvalue weighted by molar-refractivity contribution is 5.81. The van der Waals surface area contributed by atoms with Crippen molar-refractivity contribution in [2.45, 2.75) is 32.6 Å². The molecule has 0 saturated carbocycles. The fourth-order valence-corrected chi connectivity index (χ4v) is 4.33. The topological polar surface area (TPSA) is 80.9 Å². The van der Waals surface area contributed by atoms with Crippen LogP contribution in [-0.4, -0.2) is 20.4 Å². The average molecular weight is 519 g/mol. The highest BCUT2D eigenvalue weighted by atomic mass is 16.3. The molecule has 0 aliphatic rings. The average Bonchev–Trinajstić information content (AvgIpc) is 2.95. The lowest BCUT2D eigenvalue weighted by Crippen LogP contribution is -1.86. The predicted octanol–water partition coefficient (Wildman–Crippen LogP) is 8.93. The van der Waals surface area contributed by atoms with Crippen LogP contribution in [0.2, 0.25) is 0 Å². The lowest BCUT2D eigenvalue weighted by atomic mass is 9.93. The quantitative estimate of drug-likeness (QED) is 0.162. The fourth-order valence-electron chi connectivity index (χ4n) is 4.33. The molecule has 0 aromatic heterocycles. The van der Waals surface area contributed by atoms with Gasteiger partial charge in [-0.05, 0) is 119 Å². The van der Waals surface area contributed by atoms with Crippen molar-refractivity contribution in [3.05, 3.63) is 121 Å². The van der Waals surface area contributed by atoms with E-state index in [1.807, 2.05) is 48.5 Å². The standard InChI is InChI=1S/C24H18O3.C11H16O/c25-22-7-1-16(2-8-22)19-13-20(17-3-9-23(26)10-4-17)15-21(14-19)18-5-11-24(27)12-6-18;1-2-3-4-5-10-6-8-11(12)9-7-10/h1-15,25-27H;6-9,12H,2-5H2,1H3. The van der Waals surface area contributed by atoms with Crippen LogP contribution in [0.25, 0.3) is 33.4 Å². The molecule has 0 unspecified atom stereocenters. The van der Waals surface area contributed by atoms with Gasteiger partial charge in [0.05, 0.1) is 0 Å². The molecule has 5 rings (SSSR count). The summed E-state index contributed by atoms with van der Waals surface area (Å²) < 4.78 is 0. The van der Waals surface area contributed by atoms with Gasteiger partial charge in [0.1, 0.15) is 23.0 Å². The molecular weight excluding hydrogens is 484 g/mol. The molecule has 4 N–H and O–H groups in total. The summed E-state index contributed by atoms with van der Waals surface area (Å²) in [7, 11) is 0. The third kappa shape index (κ3) is 7.89. The molecule has 5 aromatic rings. The molecule has 0 spiro atoms. The number of unbranched alkanes of at least 4 members (excludes halogenated alkanes) is 2. The van der Waals surface area contributed by atoms with Gasteiger partial charge in [-0.1, -0.05) is 68.3 Å². The molecule has 0 radical (unpaired) electrons. The Bertz CT molecular complexity index is 1300. The Labute approximate surface area is 230 Å². The van der Waals surface area contributed by atoms with E-state index in [9.17, 15) is 15.3 Å². The summed E-state index contributed by atoms with van der Waals surface area (Å²) in [4.78, 5) is 0. The number of aromatic hydroxyl groups is 4. The number of phenols is 4. The maximum absolute atomic E-state index is 9.57. The lowest BCUT2D eigenvalue weighted by Gasteiger charge is -2.12. The molecule has 4 heteroatoms. The molecule has 4 nitrogen and oxygen atoms in total. The monoisotopic (exact) mass is 518 g/mol. The molecule has 0 aliphatic heterocycles. The highest BCUT2D eigenvalue weighted by Crippen LogP contribution is 2.34. The Hall–Kier alpha value is -4.70. The second-order valence-corrected chi connectivity index (χ2v) is 9.56. The van der Waals surface area contributed by atoms with E-state index in [2.05, 4.69) is 25.1 Å². The van der Waals surface area contributed by atoms with Gasteiger partial charge in [-0.15, -0.1) is 0 Å². The molecule has 5 aromatic carbocycles. The van der Waals surface area contributed by atoms with E-state index < -0.39 is 0 Å². The Morgan fingerprint density at radius 3 is 1.00 bits per heavy atom. The molecule has 0 heterocycles. The van der Waals surface area contributed by atoms with Crippen molar-refractivity contribution in [3.8, 4) is 56.4 Å². The first kappa shape index (κ1) is 27.3. The van der Waals surface area contributed by atoms with Crippen LogP contribution in [0.5, 0.6) is 23.0 Å². The number of benzene rings is 5. The third-order valence-electron chi connectivity index (χ3n) is 6.54. The van der Waals surface area contributed by atoms with Gasteiger partial charge in [-0.3, -0.25) is 0 Å². The van der Waals surface area contributed by atoms with Crippen LogP contribution in [0.1, 0.15) is 31.7 Å². The molecular formula is C35H34O4. The van der Waals surface area contributed by atoms with Crippen LogP contribution in [0, 0.1) is 0 Å². The number of aryl methyl sites for hydroxylation is 1. The molecule has 39 heavy (non-hydrogen) atoms. The van der Waals surface area contributed by atoms with Gasteiger partial charge in [-0.2, -0.15) is 0 Å². The molecule has 0 bridgehead atoms. The number of rotatable bonds is 7. The zero-order chi connectivity index (χ0) is 27.6. The first-order valence-corrected chi connectivity index (χ1v) is 13.2. The maximum atomic E-state index is 9.57. The molecule has 0 aliphatic carbocycles. The predicted molar refractivity (Wildman–Crippen MR) is 159 cm³/mol. The van der Waals surface area contributed by atoms with Crippen LogP contribution in [0.4, 0.5) is 0 Å². The molecule has 0 amide bonds. The number of hydrogen-bond donors (Lipinski definition) is 4. The van der Waals surface area contributed by atoms with Gasteiger partial charge in [0.15, 0.2) is 0 Å². The Kier molecular flexibility index (Phi) is 9.25. The summed E-state index contributed by atoms with van der Waals surface area (Å²) in [5.74, 6) is 1.04. The van der Waals surface area contributed by atoms with Gasteiger partial charge in [0, 0.05) is 0 Å². The van der Waals surface area contributed by atoms with Crippen LogP contribution >= 0.6 is 0 Å². The van der Waals surface area contributed by atoms with E-state index in [1.165, 1.54) is 24.8 Å². The number of phenolic OH excluding ortho intramolecular Hbond substituents is 4. The first-order valence-electron chi connectivity index (χ1n) is 13.2. The summed E-state index contributed by atoms with van der Waals surface area (Å²) in [5.41, 5.74) is 7.35. The summed E-state index contributed by atoms with van der Waals surface area (Å²) >= 11 is 0. The lowest BCUT2D eigenvalue weighted by molar-refractivity contribution is 0.474. The number of hydrogen-bond acceptors (Lipinski definition) is 4.